The molecule has 1 aromatic carbocycles. The Morgan fingerprint density at radius 3 is 2.63 bits per heavy atom. The van der Waals surface area contributed by atoms with E-state index >= 15 is 0 Å². The largest absolute Gasteiger partial charge is 0.316 e. The number of hydrogen-bond donors (Lipinski definition) is 1. The number of nitrogens with zero attached hydrogens (tertiary/aromatic N) is 2. The number of nitrogens with one attached hydrogen (secondary N) is 1. The highest BCUT2D eigenvalue weighted by Crippen LogP contribution is 2.20. The summed E-state index contributed by atoms with van der Waals surface area (Å²) in [5.74, 6) is 0. The van der Waals surface area contributed by atoms with Crippen molar-refractivity contribution < 1.29 is 0 Å². The summed E-state index contributed by atoms with van der Waals surface area (Å²) in [6.07, 6.45) is 3.70. The van der Waals surface area contributed by atoms with Crippen LogP contribution in [0, 0.1) is 0 Å². The van der Waals surface area contributed by atoms with E-state index in [-0.39, 0.29) is 0 Å². The maximum Gasteiger partial charge on any atom is 0.0492 e. The summed E-state index contributed by atoms with van der Waals surface area (Å²) in [6, 6.07) is 7.68. The molecule has 0 spiro atoms. The van der Waals surface area contributed by atoms with Gasteiger partial charge in [-0.2, -0.15) is 5.10 Å². The molecule has 5 heteroatoms. The standard InChI is InChI=1S/C14H17Cl2N3/c1-19-13(6-9-18-19)5-8-17-7-4-11-2-3-12(15)10-14(11)16/h2-3,6,9-10,17H,4-5,7-8H2,1H3. The van der Waals surface area contributed by atoms with E-state index in [2.05, 4.69) is 10.4 Å². The van der Waals surface area contributed by atoms with Crippen LogP contribution in [0.15, 0.2) is 30.5 Å². The summed E-state index contributed by atoms with van der Waals surface area (Å²) in [5, 5.41) is 8.97. The Bertz CT molecular complexity index is 537. The third kappa shape index (κ3) is 4.23. The summed E-state index contributed by atoms with van der Waals surface area (Å²) < 4.78 is 1.90. The minimum Gasteiger partial charge on any atom is -0.316 e. The van der Waals surface area contributed by atoms with Crippen molar-refractivity contribution in [1.29, 1.82) is 0 Å². The Morgan fingerprint density at radius 1 is 1.16 bits per heavy atom. The van der Waals surface area contributed by atoms with Crippen LogP contribution in [-0.4, -0.2) is 22.9 Å². The molecule has 2 aromatic rings. The molecule has 1 heterocycles. The molecular formula is C14H17Cl2N3. The van der Waals surface area contributed by atoms with Crippen molar-refractivity contribution in [1.82, 2.24) is 15.1 Å². The highest BCUT2D eigenvalue weighted by atomic mass is 35.5. The van der Waals surface area contributed by atoms with Crippen molar-refractivity contribution in [3.63, 3.8) is 0 Å². The lowest BCUT2D eigenvalue weighted by molar-refractivity contribution is 0.642. The summed E-state index contributed by atoms with van der Waals surface area (Å²) in [5.41, 5.74) is 2.36. The second-order valence-corrected chi connectivity index (χ2v) is 5.28. The second-order valence-electron chi connectivity index (χ2n) is 4.43. The van der Waals surface area contributed by atoms with Crippen LogP contribution in [0.4, 0.5) is 0 Å². The van der Waals surface area contributed by atoms with E-state index in [1.165, 1.54) is 5.69 Å². The first-order valence-corrected chi connectivity index (χ1v) is 7.04. The summed E-state index contributed by atoms with van der Waals surface area (Å²) in [7, 11) is 1.96. The SMILES string of the molecule is Cn1nccc1CCNCCc1ccc(Cl)cc1Cl. The molecule has 0 saturated heterocycles. The third-order valence-corrected chi connectivity index (χ3v) is 3.65. The van der Waals surface area contributed by atoms with E-state index in [9.17, 15) is 0 Å². The fourth-order valence-electron chi connectivity index (χ4n) is 1.94. The minimum atomic E-state index is 0.679. The fourth-order valence-corrected chi connectivity index (χ4v) is 2.44. The first kappa shape index (κ1) is 14.4. The lowest BCUT2D eigenvalue weighted by atomic mass is 10.1. The lowest BCUT2D eigenvalue weighted by Gasteiger charge is -2.07. The molecule has 1 aromatic heterocycles. The van der Waals surface area contributed by atoms with Gasteiger partial charge < -0.3 is 5.32 Å². The van der Waals surface area contributed by atoms with Crippen LogP contribution in [0.5, 0.6) is 0 Å². The van der Waals surface area contributed by atoms with Gasteiger partial charge in [0.2, 0.25) is 0 Å². The average Bonchev–Trinajstić information content (AvgIpc) is 2.77. The molecule has 3 nitrogen and oxygen atoms in total. The van der Waals surface area contributed by atoms with Crippen LogP contribution in [-0.2, 0) is 19.9 Å². The number of aryl methyl sites for hydroxylation is 1. The van der Waals surface area contributed by atoms with Crippen molar-refractivity contribution >= 4 is 23.2 Å². The summed E-state index contributed by atoms with van der Waals surface area (Å²) in [4.78, 5) is 0. The maximum absolute atomic E-state index is 6.12. The van der Waals surface area contributed by atoms with Crippen molar-refractivity contribution in [2.45, 2.75) is 12.8 Å². The van der Waals surface area contributed by atoms with Gasteiger partial charge in [0.15, 0.2) is 0 Å². The van der Waals surface area contributed by atoms with Gasteiger partial charge in [0, 0.05) is 41.9 Å². The number of rotatable bonds is 6. The van der Waals surface area contributed by atoms with Gasteiger partial charge in [-0.25, -0.2) is 0 Å². The Hall–Kier alpha value is -1.03. The van der Waals surface area contributed by atoms with Crippen LogP contribution in [0.3, 0.4) is 0 Å². The molecule has 0 radical (unpaired) electrons. The zero-order valence-corrected chi connectivity index (χ0v) is 12.4. The van der Waals surface area contributed by atoms with Crippen LogP contribution in [0.1, 0.15) is 11.3 Å². The van der Waals surface area contributed by atoms with Crippen LogP contribution >= 0.6 is 23.2 Å². The molecule has 0 amide bonds. The Kier molecular flexibility index (Phi) is 5.25. The maximum atomic E-state index is 6.12. The molecule has 0 aliphatic heterocycles. The average molecular weight is 298 g/mol. The van der Waals surface area contributed by atoms with Gasteiger partial charge in [0.25, 0.3) is 0 Å². The lowest BCUT2D eigenvalue weighted by Crippen LogP contribution is -2.21. The van der Waals surface area contributed by atoms with E-state index in [1.54, 1.807) is 6.07 Å². The van der Waals surface area contributed by atoms with Crippen LogP contribution in [0.2, 0.25) is 10.0 Å². The topological polar surface area (TPSA) is 29.9 Å². The molecule has 0 bridgehead atoms. The van der Waals surface area contributed by atoms with Crippen molar-refractivity contribution in [3.05, 3.63) is 51.8 Å². The van der Waals surface area contributed by atoms with E-state index in [0.29, 0.717) is 5.02 Å². The third-order valence-electron chi connectivity index (χ3n) is 3.07. The molecular weight excluding hydrogens is 281 g/mol. The highest BCUT2D eigenvalue weighted by molar-refractivity contribution is 6.35. The molecule has 0 saturated carbocycles. The number of aromatic nitrogens is 2. The zero-order valence-electron chi connectivity index (χ0n) is 10.9. The molecule has 0 unspecified atom stereocenters. The van der Waals surface area contributed by atoms with Gasteiger partial charge in [0.1, 0.15) is 0 Å². The van der Waals surface area contributed by atoms with E-state index < -0.39 is 0 Å². The van der Waals surface area contributed by atoms with Gasteiger partial charge in [-0.1, -0.05) is 29.3 Å². The van der Waals surface area contributed by atoms with Crippen molar-refractivity contribution in [2.75, 3.05) is 13.1 Å². The molecule has 0 fully saturated rings. The molecule has 19 heavy (non-hydrogen) atoms. The summed E-state index contributed by atoms with van der Waals surface area (Å²) >= 11 is 12.0. The van der Waals surface area contributed by atoms with E-state index in [4.69, 9.17) is 23.2 Å². The molecule has 102 valence electrons. The Labute approximate surface area is 123 Å². The first-order valence-electron chi connectivity index (χ1n) is 6.28. The number of hydrogen-bond acceptors (Lipinski definition) is 2. The predicted octanol–water partition coefficient (Wildman–Crippen LogP) is 3.10. The van der Waals surface area contributed by atoms with Gasteiger partial charge in [0.05, 0.1) is 0 Å². The Morgan fingerprint density at radius 2 is 1.95 bits per heavy atom. The quantitative estimate of drug-likeness (QED) is 0.831. The van der Waals surface area contributed by atoms with E-state index in [0.717, 1.165) is 36.5 Å². The Balaban J connectivity index is 1.71. The van der Waals surface area contributed by atoms with Crippen molar-refractivity contribution in [2.24, 2.45) is 7.05 Å². The van der Waals surface area contributed by atoms with Gasteiger partial charge >= 0.3 is 0 Å². The van der Waals surface area contributed by atoms with E-state index in [1.807, 2.05) is 36.1 Å². The van der Waals surface area contributed by atoms with Gasteiger partial charge in [-0.05, 0) is 36.7 Å². The van der Waals surface area contributed by atoms with Gasteiger partial charge in [-0.15, -0.1) is 0 Å². The number of benzene rings is 1. The number of halogens is 2. The molecule has 0 aliphatic rings. The van der Waals surface area contributed by atoms with Crippen LogP contribution in [0.25, 0.3) is 0 Å². The summed E-state index contributed by atoms with van der Waals surface area (Å²) in [6.45, 7) is 1.84. The zero-order chi connectivity index (χ0) is 13.7. The predicted molar refractivity (Wildman–Crippen MR) is 79.9 cm³/mol. The molecule has 1 N–H and O–H groups in total. The smallest absolute Gasteiger partial charge is 0.0492 e. The molecule has 2 rings (SSSR count). The van der Waals surface area contributed by atoms with Gasteiger partial charge in [-0.3, -0.25) is 4.68 Å². The second kappa shape index (κ2) is 6.94. The fraction of sp³-hybridized carbons (Fsp3) is 0.357. The molecule has 0 atom stereocenters. The van der Waals surface area contributed by atoms with Crippen molar-refractivity contribution in [3.8, 4) is 0 Å². The van der Waals surface area contributed by atoms with Crippen LogP contribution < -0.4 is 5.32 Å². The normalized spacial score (nSPS) is 10.9. The minimum absolute atomic E-state index is 0.679. The monoisotopic (exact) mass is 297 g/mol. The molecule has 0 aliphatic carbocycles. The highest BCUT2D eigenvalue weighted by Gasteiger charge is 2.01. The first-order chi connectivity index (χ1) is 9.16.